The maximum absolute atomic E-state index is 12.3. The predicted molar refractivity (Wildman–Crippen MR) is 75.6 cm³/mol. The number of oxazole rings is 1. The molecule has 0 saturated heterocycles. The first-order valence-electron chi connectivity index (χ1n) is 6.08. The maximum atomic E-state index is 12.3. The first-order valence-corrected chi connectivity index (χ1v) is 7.56. The molecule has 20 heavy (non-hydrogen) atoms. The molecule has 2 rings (SSSR count). The molecule has 1 aromatic carbocycles. The van der Waals surface area contributed by atoms with Gasteiger partial charge in [-0.15, -0.1) is 0 Å². The lowest BCUT2D eigenvalue weighted by molar-refractivity contribution is 0.463. The lowest BCUT2D eigenvalue weighted by Crippen LogP contribution is -2.25. The third kappa shape index (κ3) is 2.83. The van der Waals surface area contributed by atoms with Crippen molar-refractivity contribution in [1.82, 2.24) is 9.71 Å². The number of nitrogen functional groups attached to an aromatic ring is 1. The second-order valence-corrected chi connectivity index (χ2v) is 6.32. The molecule has 6 nitrogen and oxygen atoms in total. The summed E-state index contributed by atoms with van der Waals surface area (Å²) in [5, 5.41) is 0. The third-order valence-corrected chi connectivity index (χ3v) is 4.66. The van der Waals surface area contributed by atoms with E-state index in [4.69, 9.17) is 10.2 Å². The average Bonchev–Trinajstić information content (AvgIpc) is 2.78. The highest BCUT2D eigenvalue weighted by Crippen LogP contribution is 2.25. The molecule has 7 heteroatoms. The summed E-state index contributed by atoms with van der Waals surface area (Å²) >= 11 is 0. The van der Waals surface area contributed by atoms with Crippen LogP contribution in [0, 0.1) is 20.8 Å². The van der Waals surface area contributed by atoms with E-state index in [9.17, 15) is 8.42 Å². The van der Waals surface area contributed by atoms with Gasteiger partial charge < -0.3 is 10.2 Å². The Hall–Kier alpha value is -1.86. The number of anilines is 1. The second-order valence-electron chi connectivity index (χ2n) is 4.62. The number of nitrogens with two attached hydrogens (primary N) is 1. The number of aromatic nitrogens is 1. The van der Waals surface area contributed by atoms with E-state index in [0.717, 1.165) is 5.56 Å². The van der Waals surface area contributed by atoms with E-state index in [1.165, 1.54) is 6.20 Å². The Labute approximate surface area is 118 Å². The molecule has 1 aromatic heterocycles. The van der Waals surface area contributed by atoms with Gasteiger partial charge in [0.2, 0.25) is 15.9 Å². The van der Waals surface area contributed by atoms with Gasteiger partial charge in [0.15, 0.2) is 0 Å². The first-order chi connectivity index (χ1) is 9.31. The number of aryl methyl sites for hydroxylation is 2. The van der Waals surface area contributed by atoms with Gasteiger partial charge in [0.1, 0.15) is 10.7 Å². The second kappa shape index (κ2) is 5.26. The Balaban J connectivity index is 2.29. The summed E-state index contributed by atoms with van der Waals surface area (Å²) in [6.07, 6.45) is 1.54. The Morgan fingerprint density at radius 1 is 1.30 bits per heavy atom. The smallest absolute Gasteiger partial charge is 0.243 e. The highest BCUT2D eigenvalue weighted by atomic mass is 32.2. The zero-order valence-corrected chi connectivity index (χ0v) is 12.4. The molecule has 1 heterocycles. The number of hydrogen-bond acceptors (Lipinski definition) is 5. The third-order valence-electron chi connectivity index (χ3n) is 3.06. The fourth-order valence-electron chi connectivity index (χ4n) is 1.88. The molecule has 0 radical (unpaired) electrons. The topological polar surface area (TPSA) is 98.2 Å². The van der Waals surface area contributed by atoms with E-state index in [-0.39, 0.29) is 17.1 Å². The van der Waals surface area contributed by atoms with Gasteiger partial charge in [0.05, 0.1) is 18.4 Å². The predicted octanol–water partition coefficient (Wildman–Crippen LogP) is 1.66. The van der Waals surface area contributed by atoms with Crippen molar-refractivity contribution in [3.05, 3.63) is 41.1 Å². The highest BCUT2D eigenvalue weighted by Gasteiger charge is 2.21. The summed E-state index contributed by atoms with van der Waals surface area (Å²) < 4.78 is 32.4. The molecule has 0 fully saturated rings. The lowest BCUT2D eigenvalue weighted by Gasteiger charge is -2.12. The molecule has 2 aromatic rings. The van der Waals surface area contributed by atoms with E-state index in [1.54, 1.807) is 26.0 Å². The van der Waals surface area contributed by atoms with Crippen LogP contribution in [-0.4, -0.2) is 13.4 Å². The molecule has 0 saturated carbocycles. The standard InChI is InChI=1S/C13H17N3O3S/c1-8-4-5-11(14)13(10(8)3)20(17,18)16-7-12-15-6-9(2)19-12/h4-6,16H,7,14H2,1-3H3. The van der Waals surface area contributed by atoms with Crippen LogP contribution in [0.1, 0.15) is 22.8 Å². The normalized spacial score (nSPS) is 11.8. The minimum Gasteiger partial charge on any atom is -0.445 e. The fraction of sp³-hybridized carbons (Fsp3) is 0.308. The van der Waals surface area contributed by atoms with Crippen LogP contribution >= 0.6 is 0 Å². The molecule has 0 amide bonds. The summed E-state index contributed by atoms with van der Waals surface area (Å²) in [6.45, 7) is 5.30. The zero-order valence-electron chi connectivity index (χ0n) is 11.6. The van der Waals surface area contributed by atoms with E-state index in [2.05, 4.69) is 9.71 Å². The number of hydrogen-bond donors (Lipinski definition) is 2. The fourth-order valence-corrected chi connectivity index (χ4v) is 3.28. The van der Waals surface area contributed by atoms with Gasteiger partial charge >= 0.3 is 0 Å². The summed E-state index contributed by atoms with van der Waals surface area (Å²) in [7, 11) is -3.71. The quantitative estimate of drug-likeness (QED) is 0.836. The molecule has 0 atom stereocenters. The SMILES string of the molecule is Cc1cnc(CNS(=O)(=O)c2c(N)ccc(C)c2C)o1. The molecule has 108 valence electrons. The molecule has 3 N–H and O–H groups in total. The molecule has 0 aliphatic carbocycles. The van der Waals surface area contributed by atoms with Crippen molar-refractivity contribution in [1.29, 1.82) is 0 Å². The summed E-state index contributed by atoms with van der Waals surface area (Å²) in [4.78, 5) is 4.06. The Morgan fingerprint density at radius 3 is 2.60 bits per heavy atom. The molecule has 0 spiro atoms. The highest BCUT2D eigenvalue weighted by molar-refractivity contribution is 7.89. The molecule has 0 bridgehead atoms. The average molecular weight is 295 g/mol. The molecule has 0 unspecified atom stereocenters. The van der Waals surface area contributed by atoms with E-state index in [0.29, 0.717) is 17.2 Å². The van der Waals surface area contributed by atoms with Gasteiger partial charge in [0.25, 0.3) is 0 Å². The monoisotopic (exact) mass is 295 g/mol. The number of sulfonamides is 1. The first kappa shape index (κ1) is 14.5. The largest absolute Gasteiger partial charge is 0.445 e. The van der Waals surface area contributed by atoms with Gasteiger partial charge in [-0.25, -0.2) is 18.1 Å². The van der Waals surface area contributed by atoms with Crippen LogP contribution < -0.4 is 10.5 Å². The van der Waals surface area contributed by atoms with Crippen molar-refractivity contribution >= 4 is 15.7 Å². The summed E-state index contributed by atoms with van der Waals surface area (Å²) in [5.74, 6) is 0.945. The van der Waals surface area contributed by atoms with Crippen molar-refractivity contribution in [2.45, 2.75) is 32.2 Å². The number of rotatable bonds is 4. The van der Waals surface area contributed by atoms with Crippen LogP contribution in [0.25, 0.3) is 0 Å². The van der Waals surface area contributed by atoms with Crippen molar-refractivity contribution in [3.8, 4) is 0 Å². The van der Waals surface area contributed by atoms with Crippen LogP contribution in [0.3, 0.4) is 0 Å². The van der Waals surface area contributed by atoms with Gasteiger partial charge in [-0.3, -0.25) is 0 Å². The lowest BCUT2D eigenvalue weighted by atomic mass is 10.1. The number of benzene rings is 1. The van der Waals surface area contributed by atoms with Crippen LogP contribution in [0.4, 0.5) is 5.69 Å². The minimum absolute atomic E-state index is 0.0109. The Morgan fingerprint density at radius 2 is 2.00 bits per heavy atom. The van der Waals surface area contributed by atoms with Crippen LogP contribution in [0.5, 0.6) is 0 Å². The van der Waals surface area contributed by atoms with E-state index in [1.807, 2.05) is 6.92 Å². The van der Waals surface area contributed by atoms with Crippen LogP contribution in [0.2, 0.25) is 0 Å². The number of nitrogens with one attached hydrogen (secondary N) is 1. The minimum atomic E-state index is -3.71. The Kier molecular flexibility index (Phi) is 3.82. The van der Waals surface area contributed by atoms with Crippen molar-refractivity contribution in [3.63, 3.8) is 0 Å². The van der Waals surface area contributed by atoms with Gasteiger partial charge in [-0.1, -0.05) is 6.07 Å². The molecular formula is C13H17N3O3S. The summed E-state index contributed by atoms with van der Waals surface area (Å²) in [5.41, 5.74) is 7.52. The zero-order chi connectivity index (χ0) is 14.9. The van der Waals surface area contributed by atoms with E-state index < -0.39 is 10.0 Å². The van der Waals surface area contributed by atoms with Gasteiger partial charge in [-0.05, 0) is 38.0 Å². The van der Waals surface area contributed by atoms with Crippen molar-refractivity contribution < 1.29 is 12.8 Å². The van der Waals surface area contributed by atoms with Crippen LogP contribution in [-0.2, 0) is 16.6 Å². The molecule has 0 aliphatic rings. The summed E-state index contributed by atoms with van der Waals surface area (Å²) in [6, 6.07) is 3.38. The van der Waals surface area contributed by atoms with Gasteiger partial charge in [-0.2, -0.15) is 0 Å². The van der Waals surface area contributed by atoms with Crippen molar-refractivity contribution in [2.24, 2.45) is 0 Å². The van der Waals surface area contributed by atoms with E-state index >= 15 is 0 Å². The van der Waals surface area contributed by atoms with Crippen LogP contribution in [0.15, 0.2) is 27.6 Å². The maximum Gasteiger partial charge on any atom is 0.243 e. The van der Waals surface area contributed by atoms with Crippen molar-refractivity contribution in [2.75, 3.05) is 5.73 Å². The number of nitrogens with zero attached hydrogens (tertiary/aromatic N) is 1. The molecular weight excluding hydrogens is 278 g/mol. The Bertz CT molecular complexity index is 735. The van der Waals surface area contributed by atoms with Gasteiger partial charge in [0, 0.05) is 0 Å². The molecule has 0 aliphatic heterocycles.